The molecule has 0 spiro atoms. The van der Waals surface area contributed by atoms with Gasteiger partial charge in [0.2, 0.25) is 0 Å². The molecule has 2 aromatic carbocycles. The van der Waals surface area contributed by atoms with Crippen molar-refractivity contribution in [2.75, 3.05) is 19.7 Å². The van der Waals surface area contributed by atoms with Gasteiger partial charge in [-0.05, 0) is 42.8 Å². The van der Waals surface area contributed by atoms with Gasteiger partial charge in [0, 0.05) is 13.1 Å². The lowest BCUT2D eigenvalue weighted by Crippen LogP contribution is -2.41. The van der Waals surface area contributed by atoms with E-state index in [9.17, 15) is 0 Å². The number of para-hydroxylation sites is 2. The number of hydrogen-bond donors (Lipinski definition) is 0. The molecule has 0 radical (unpaired) electrons. The van der Waals surface area contributed by atoms with Crippen LogP contribution in [0.1, 0.15) is 24.5 Å². The second-order valence-electron chi connectivity index (χ2n) is 6.04. The van der Waals surface area contributed by atoms with Crippen LogP contribution in [0.25, 0.3) is 0 Å². The molecular weight excluding hydrogens is 300 g/mol. The molecule has 124 valence electrons. The van der Waals surface area contributed by atoms with E-state index in [0.717, 1.165) is 43.1 Å². The molecule has 4 heteroatoms. The summed E-state index contributed by atoms with van der Waals surface area (Å²) in [4.78, 5) is 2.36. The van der Waals surface area contributed by atoms with Crippen LogP contribution in [0.3, 0.4) is 0 Å². The molecule has 1 heterocycles. The zero-order valence-corrected chi connectivity index (χ0v) is 13.9. The Morgan fingerprint density at radius 1 is 1.17 bits per heavy atom. The van der Waals surface area contributed by atoms with E-state index in [-0.39, 0.29) is 6.10 Å². The molecule has 4 nitrogen and oxygen atoms in total. The zero-order chi connectivity index (χ0) is 16.8. The van der Waals surface area contributed by atoms with Gasteiger partial charge in [-0.3, -0.25) is 4.90 Å². The lowest BCUT2D eigenvalue weighted by atomic mass is 10.1. The van der Waals surface area contributed by atoms with E-state index in [4.69, 9.17) is 14.7 Å². The van der Waals surface area contributed by atoms with Gasteiger partial charge >= 0.3 is 0 Å². The summed E-state index contributed by atoms with van der Waals surface area (Å²) in [7, 11) is 0. The van der Waals surface area contributed by atoms with Gasteiger partial charge in [-0.15, -0.1) is 0 Å². The van der Waals surface area contributed by atoms with Gasteiger partial charge in [-0.2, -0.15) is 5.26 Å². The highest BCUT2D eigenvalue weighted by Crippen LogP contribution is 2.31. The molecule has 1 aliphatic rings. The van der Waals surface area contributed by atoms with E-state index in [1.165, 1.54) is 0 Å². The van der Waals surface area contributed by atoms with Crippen LogP contribution in [0.5, 0.6) is 11.5 Å². The van der Waals surface area contributed by atoms with E-state index in [1.807, 2.05) is 42.5 Å². The predicted octanol–water partition coefficient (Wildman–Crippen LogP) is 3.61. The summed E-state index contributed by atoms with van der Waals surface area (Å²) < 4.78 is 11.9. The van der Waals surface area contributed by atoms with Gasteiger partial charge in [0.25, 0.3) is 0 Å². The summed E-state index contributed by atoms with van der Waals surface area (Å²) >= 11 is 0. The minimum Gasteiger partial charge on any atom is -0.486 e. The van der Waals surface area contributed by atoms with Gasteiger partial charge in [0.15, 0.2) is 11.5 Å². The normalized spacial score (nSPS) is 16.0. The molecule has 2 aromatic rings. The SMILES string of the molecule is CCCN(Cc1cccc(C#N)c1)CC1COc2ccccc2O1. The maximum atomic E-state index is 9.05. The van der Waals surface area contributed by atoms with Gasteiger partial charge in [-0.1, -0.05) is 31.2 Å². The van der Waals surface area contributed by atoms with Crippen LogP contribution in [-0.4, -0.2) is 30.7 Å². The molecule has 1 aliphatic heterocycles. The Hall–Kier alpha value is -2.51. The average molecular weight is 322 g/mol. The third-order valence-corrected chi connectivity index (χ3v) is 4.03. The van der Waals surface area contributed by atoms with Crippen molar-refractivity contribution in [2.24, 2.45) is 0 Å². The summed E-state index contributed by atoms with van der Waals surface area (Å²) in [6.45, 7) is 5.34. The molecule has 24 heavy (non-hydrogen) atoms. The molecule has 0 saturated carbocycles. The number of benzene rings is 2. The van der Waals surface area contributed by atoms with Crippen molar-refractivity contribution in [2.45, 2.75) is 26.0 Å². The fraction of sp³-hybridized carbons (Fsp3) is 0.350. The minimum absolute atomic E-state index is 0.0191. The maximum Gasteiger partial charge on any atom is 0.161 e. The fourth-order valence-corrected chi connectivity index (χ4v) is 2.99. The molecule has 1 unspecified atom stereocenters. The molecule has 0 amide bonds. The molecule has 0 bridgehead atoms. The average Bonchev–Trinajstić information content (AvgIpc) is 2.62. The number of rotatable bonds is 6. The lowest BCUT2D eigenvalue weighted by molar-refractivity contribution is 0.0564. The summed E-state index contributed by atoms with van der Waals surface area (Å²) in [6.07, 6.45) is 1.09. The van der Waals surface area contributed by atoms with Crippen LogP contribution in [-0.2, 0) is 6.54 Å². The first-order valence-electron chi connectivity index (χ1n) is 8.38. The van der Waals surface area contributed by atoms with Crippen molar-refractivity contribution >= 4 is 0 Å². The summed E-state index contributed by atoms with van der Waals surface area (Å²) in [5.74, 6) is 1.63. The second kappa shape index (κ2) is 7.85. The van der Waals surface area contributed by atoms with Crippen molar-refractivity contribution in [3.05, 3.63) is 59.7 Å². The topological polar surface area (TPSA) is 45.5 Å². The molecular formula is C20H22N2O2. The van der Waals surface area contributed by atoms with Crippen LogP contribution in [0.4, 0.5) is 0 Å². The Bertz CT molecular complexity index is 724. The Kier molecular flexibility index (Phi) is 5.35. The number of ether oxygens (including phenoxy) is 2. The first-order chi connectivity index (χ1) is 11.8. The summed E-state index contributed by atoms with van der Waals surface area (Å²) in [5.41, 5.74) is 1.86. The van der Waals surface area contributed by atoms with Crippen LogP contribution in [0.15, 0.2) is 48.5 Å². The first-order valence-corrected chi connectivity index (χ1v) is 8.38. The summed E-state index contributed by atoms with van der Waals surface area (Å²) in [6, 6.07) is 17.8. The van der Waals surface area contributed by atoms with Crippen LogP contribution < -0.4 is 9.47 Å². The van der Waals surface area contributed by atoms with E-state index in [1.54, 1.807) is 0 Å². The number of hydrogen-bond acceptors (Lipinski definition) is 4. The summed E-state index contributed by atoms with van der Waals surface area (Å²) in [5, 5.41) is 9.05. The molecule has 1 atom stereocenters. The van der Waals surface area contributed by atoms with E-state index < -0.39 is 0 Å². The maximum absolute atomic E-state index is 9.05. The largest absolute Gasteiger partial charge is 0.486 e. The second-order valence-corrected chi connectivity index (χ2v) is 6.04. The van der Waals surface area contributed by atoms with E-state index in [0.29, 0.717) is 12.2 Å². The van der Waals surface area contributed by atoms with Gasteiger partial charge in [-0.25, -0.2) is 0 Å². The zero-order valence-electron chi connectivity index (χ0n) is 13.9. The Morgan fingerprint density at radius 3 is 2.79 bits per heavy atom. The monoisotopic (exact) mass is 322 g/mol. The number of nitrogens with zero attached hydrogens (tertiary/aromatic N) is 2. The van der Waals surface area contributed by atoms with Gasteiger partial charge < -0.3 is 9.47 Å². The molecule has 3 rings (SSSR count). The standard InChI is InChI=1S/C20H22N2O2/c1-2-10-22(13-17-7-5-6-16(11-17)12-21)14-18-15-23-19-8-3-4-9-20(19)24-18/h3-9,11,18H,2,10,13-15H2,1H3. The molecule has 0 aliphatic carbocycles. The first kappa shape index (κ1) is 16.4. The van der Waals surface area contributed by atoms with Gasteiger partial charge in [0.1, 0.15) is 12.7 Å². The fourth-order valence-electron chi connectivity index (χ4n) is 2.99. The van der Waals surface area contributed by atoms with E-state index in [2.05, 4.69) is 24.0 Å². The Morgan fingerprint density at radius 2 is 2.00 bits per heavy atom. The van der Waals surface area contributed by atoms with Crippen molar-refractivity contribution in [1.82, 2.24) is 4.90 Å². The molecule has 0 aromatic heterocycles. The highest BCUT2D eigenvalue weighted by atomic mass is 16.6. The van der Waals surface area contributed by atoms with Crippen molar-refractivity contribution < 1.29 is 9.47 Å². The molecule has 0 fully saturated rings. The van der Waals surface area contributed by atoms with E-state index >= 15 is 0 Å². The Balaban J connectivity index is 1.65. The minimum atomic E-state index is 0.0191. The van der Waals surface area contributed by atoms with Gasteiger partial charge in [0.05, 0.1) is 11.6 Å². The van der Waals surface area contributed by atoms with Crippen molar-refractivity contribution in [3.8, 4) is 17.6 Å². The lowest BCUT2D eigenvalue weighted by Gasteiger charge is -2.31. The smallest absolute Gasteiger partial charge is 0.161 e. The third-order valence-electron chi connectivity index (χ3n) is 4.03. The highest BCUT2D eigenvalue weighted by Gasteiger charge is 2.23. The highest BCUT2D eigenvalue weighted by molar-refractivity contribution is 5.40. The number of fused-ring (bicyclic) bond motifs is 1. The number of nitriles is 1. The van der Waals surface area contributed by atoms with Crippen molar-refractivity contribution in [1.29, 1.82) is 5.26 Å². The van der Waals surface area contributed by atoms with Crippen LogP contribution >= 0.6 is 0 Å². The third kappa shape index (κ3) is 4.06. The predicted molar refractivity (Wildman–Crippen MR) is 93.1 cm³/mol. The molecule has 0 saturated heterocycles. The van der Waals surface area contributed by atoms with Crippen LogP contribution in [0, 0.1) is 11.3 Å². The quantitative estimate of drug-likeness (QED) is 0.815. The van der Waals surface area contributed by atoms with Crippen molar-refractivity contribution in [3.63, 3.8) is 0 Å². The Labute approximate surface area is 143 Å². The van der Waals surface area contributed by atoms with Crippen LogP contribution in [0.2, 0.25) is 0 Å². The molecule has 0 N–H and O–H groups in total.